The molecule has 1 atom stereocenters. The Morgan fingerprint density at radius 2 is 1.69 bits per heavy atom. The second-order valence-electron chi connectivity index (χ2n) is 8.21. The molecule has 1 amide bonds. The van der Waals surface area contributed by atoms with Gasteiger partial charge in [-0.3, -0.25) is 9.69 Å². The number of amides is 1. The van der Waals surface area contributed by atoms with E-state index in [-0.39, 0.29) is 11.9 Å². The van der Waals surface area contributed by atoms with Gasteiger partial charge < -0.3 is 19.5 Å². The van der Waals surface area contributed by atoms with Crippen molar-refractivity contribution in [2.45, 2.75) is 76.7 Å². The van der Waals surface area contributed by atoms with Gasteiger partial charge in [-0.15, -0.1) is 0 Å². The minimum absolute atomic E-state index is 0.0615. The predicted octanol–water partition coefficient (Wildman–Crippen LogP) is 3.52. The molecule has 2 fully saturated rings. The molecule has 1 aromatic carbocycles. The van der Waals surface area contributed by atoms with Gasteiger partial charge in [-0.05, 0) is 50.3 Å². The molecule has 0 aromatic heterocycles. The van der Waals surface area contributed by atoms with Crippen molar-refractivity contribution in [2.75, 3.05) is 27.3 Å². The summed E-state index contributed by atoms with van der Waals surface area (Å²) in [6.45, 7) is 4.31. The van der Waals surface area contributed by atoms with E-state index in [0.717, 1.165) is 31.5 Å². The summed E-state index contributed by atoms with van der Waals surface area (Å²) in [5.41, 5.74) is 0.989. The first-order chi connectivity index (χ1) is 14.1. The van der Waals surface area contributed by atoms with Crippen molar-refractivity contribution in [1.29, 1.82) is 0 Å². The lowest BCUT2D eigenvalue weighted by Crippen LogP contribution is -2.49. The van der Waals surface area contributed by atoms with Gasteiger partial charge in [-0.2, -0.15) is 0 Å². The highest BCUT2D eigenvalue weighted by Crippen LogP contribution is 2.28. The maximum absolute atomic E-state index is 12.7. The van der Waals surface area contributed by atoms with Gasteiger partial charge >= 0.3 is 0 Å². The highest BCUT2D eigenvalue weighted by Gasteiger charge is 2.28. The average molecular weight is 405 g/mol. The van der Waals surface area contributed by atoms with Gasteiger partial charge in [0.1, 0.15) is 0 Å². The fourth-order valence-electron chi connectivity index (χ4n) is 4.37. The van der Waals surface area contributed by atoms with E-state index >= 15 is 0 Å². The normalized spacial score (nSPS) is 20.2. The van der Waals surface area contributed by atoms with Crippen LogP contribution in [0.4, 0.5) is 0 Å². The molecule has 3 rings (SSSR count). The topological polar surface area (TPSA) is 60.0 Å². The minimum Gasteiger partial charge on any atom is -0.493 e. The van der Waals surface area contributed by atoms with E-state index in [9.17, 15) is 4.79 Å². The van der Waals surface area contributed by atoms with Crippen LogP contribution in [0.3, 0.4) is 0 Å². The summed E-state index contributed by atoms with van der Waals surface area (Å²) in [4.78, 5) is 14.9. The fourth-order valence-corrected chi connectivity index (χ4v) is 4.37. The third-order valence-corrected chi connectivity index (χ3v) is 6.26. The molecule has 2 aliphatic rings. The van der Waals surface area contributed by atoms with Crippen LogP contribution in [0.25, 0.3) is 0 Å². The van der Waals surface area contributed by atoms with Crippen LogP contribution in [0.1, 0.15) is 57.4 Å². The van der Waals surface area contributed by atoms with Gasteiger partial charge in [0.15, 0.2) is 11.5 Å². The molecule has 1 saturated heterocycles. The van der Waals surface area contributed by atoms with Crippen LogP contribution in [-0.4, -0.2) is 56.4 Å². The number of carbonyl (C=O) groups is 1. The molecule has 1 aromatic rings. The van der Waals surface area contributed by atoms with Gasteiger partial charge in [0.25, 0.3) is 0 Å². The van der Waals surface area contributed by atoms with E-state index in [1.807, 2.05) is 25.1 Å². The molecule has 1 heterocycles. The largest absolute Gasteiger partial charge is 0.493 e. The molecule has 6 nitrogen and oxygen atoms in total. The van der Waals surface area contributed by atoms with Crippen LogP contribution in [0.5, 0.6) is 11.5 Å². The highest BCUT2D eigenvalue weighted by molar-refractivity contribution is 5.81. The molecular formula is C23H36N2O4. The van der Waals surface area contributed by atoms with Crippen LogP contribution in [-0.2, 0) is 16.1 Å². The van der Waals surface area contributed by atoms with Crippen LogP contribution in [0.15, 0.2) is 18.2 Å². The van der Waals surface area contributed by atoms with Gasteiger partial charge in [-0.25, -0.2) is 0 Å². The van der Waals surface area contributed by atoms with Crippen molar-refractivity contribution in [1.82, 2.24) is 10.2 Å². The Labute approximate surface area is 174 Å². The smallest absolute Gasteiger partial charge is 0.237 e. The molecule has 6 heteroatoms. The monoisotopic (exact) mass is 404 g/mol. The van der Waals surface area contributed by atoms with Crippen LogP contribution in [0, 0.1) is 0 Å². The summed E-state index contributed by atoms with van der Waals surface area (Å²) >= 11 is 0. The maximum Gasteiger partial charge on any atom is 0.237 e. The Bertz CT molecular complexity index is 652. The molecule has 0 radical (unpaired) electrons. The highest BCUT2D eigenvalue weighted by atomic mass is 16.5. The van der Waals surface area contributed by atoms with Crippen LogP contribution in [0.2, 0.25) is 0 Å². The fraction of sp³-hybridized carbons (Fsp3) is 0.696. The first kappa shape index (κ1) is 21.9. The second-order valence-corrected chi connectivity index (χ2v) is 8.21. The van der Waals surface area contributed by atoms with Crippen LogP contribution < -0.4 is 14.8 Å². The number of likely N-dealkylation sites (tertiary alicyclic amines) is 1. The zero-order chi connectivity index (χ0) is 20.6. The number of hydrogen-bond donors (Lipinski definition) is 1. The Morgan fingerprint density at radius 3 is 2.34 bits per heavy atom. The third-order valence-electron chi connectivity index (χ3n) is 6.26. The quantitative estimate of drug-likeness (QED) is 0.718. The van der Waals surface area contributed by atoms with Crippen molar-refractivity contribution >= 4 is 5.91 Å². The SMILES string of the molecule is COc1ccc(CNC(=O)C(C)N2CCC(OC3CCCCC3)CC2)cc1OC. The molecule has 1 saturated carbocycles. The second kappa shape index (κ2) is 10.8. The van der Waals surface area contributed by atoms with E-state index in [2.05, 4.69) is 10.2 Å². The van der Waals surface area contributed by atoms with Gasteiger partial charge in [-0.1, -0.05) is 25.3 Å². The number of nitrogens with zero attached hydrogens (tertiary/aromatic N) is 1. The number of methoxy groups -OCH3 is 2. The van der Waals surface area contributed by atoms with E-state index in [4.69, 9.17) is 14.2 Å². The first-order valence-corrected chi connectivity index (χ1v) is 11.0. The Hall–Kier alpha value is -1.79. The van der Waals surface area contributed by atoms with Crippen molar-refractivity contribution < 1.29 is 19.0 Å². The molecular weight excluding hydrogens is 368 g/mol. The molecule has 29 heavy (non-hydrogen) atoms. The lowest BCUT2D eigenvalue weighted by molar-refractivity contribution is -0.127. The molecule has 162 valence electrons. The van der Waals surface area contributed by atoms with E-state index in [0.29, 0.717) is 30.3 Å². The molecule has 0 spiro atoms. The van der Waals surface area contributed by atoms with Gasteiger partial charge in [0.05, 0.1) is 32.5 Å². The lowest BCUT2D eigenvalue weighted by Gasteiger charge is -2.37. The minimum atomic E-state index is -0.134. The zero-order valence-electron chi connectivity index (χ0n) is 18.1. The van der Waals surface area contributed by atoms with Gasteiger partial charge in [0, 0.05) is 19.6 Å². The van der Waals surface area contributed by atoms with E-state index < -0.39 is 0 Å². The summed E-state index contributed by atoms with van der Waals surface area (Å²) in [6.07, 6.45) is 9.26. The van der Waals surface area contributed by atoms with E-state index in [1.54, 1.807) is 14.2 Å². The summed E-state index contributed by atoms with van der Waals surface area (Å²) in [5, 5.41) is 3.05. The van der Waals surface area contributed by atoms with Crippen molar-refractivity contribution in [3.8, 4) is 11.5 Å². The Balaban J connectivity index is 1.42. The average Bonchev–Trinajstić information content (AvgIpc) is 2.78. The number of benzene rings is 1. The summed E-state index contributed by atoms with van der Waals surface area (Å²) in [7, 11) is 3.23. The molecule has 1 N–H and O–H groups in total. The third kappa shape index (κ3) is 6.09. The van der Waals surface area contributed by atoms with Crippen LogP contribution >= 0.6 is 0 Å². The number of rotatable bonds is 8. The number of ether oxygens (including phenoxy) is 3. The van der Waals surface area contributed by atoms with Crippen molar-refractivity contribution in [3.63, 3.8) is 0 Å². The number of nitrogens with one attached hydrogen (secondary N) is 1. The predicted molar refractivity (Wildman–Crippen MR) is 113 cm³/mol. The molecule has 1 unspecified atom stereocenters. The molecule has 1 aliphatic carbocycles. The number of hydrogen-bond acceptors (Lipinski definition) is 5. The Morgan fingerprint density at radius 1 is 1.03 bits per heavy atom. The molecule has 1 aliphatic heterocycles. The molecule has 0 bridgehead atoms. The number of piperidine rings is 1. The Kier molecular flexibility index (Phi) is 8.19. The van der Waals surface area contributed by atoms with Gasteiger partial charge in [0.2, 0.25) is 5.91 Å². The number of carbonyl (C=O) groups excluding carboxylic acids is 1. The lowest BCUT2D eigenvalue weighted by atomic mass is 9.97. The summed E-state index contributed by atoms with van der Waals surface area (Å²) in [6, 6.07) is 5.57. The first-order valence-electron chi connectivity index (χ1n) is 11.0. The van der Waals surface area contributed by atoms with Crippen molar-refractivity contribution in [3.05, 3.63) is 23.8 Å². The summed E-state index contributed by atoms with van der Waals surface area (Å²) in [5.74, 6) is 1.42. The summed E-state index contributed by atoms with van der Waals surface area (Å²) < 4.78 is 16.9. The van der Waals surface area contributed by atoms with E-state index in [1.165, 1.54) is 32.1 Å². The zero-order valence-corrected chi connectivity index (χ0v) is 18.1. The van der Waals surface area contributed by atoms with Crippen molar-refractivity contribution in [2.24, 2.45) is 0 Å². The maximum atomic E-state index is 12.7. The standard InChI is InChI=1S/C23H36N2O4/c1-17(23(26)24-16-18-9-10-21(27-2)22(15-18)28-3)25-13-11-20(12-14-25)29-19-7-5-4-6-8-19/h9-10,15,17,19-20H,4-8,11-14,16H2,1-3H3,(H,24,26).